The van der Waals surface area contributed by atoms with Crippen molar-refractivity contribution in [3.05, 3.63) is 18.3 Å². The Kier molecular flexibility index (Phi) is 0.943. The topological polar surface area (TPSA) is 43.6 Å². The molecule has 0 bridgehead atoms. The van der Waals surface area contributed by atoms with Crippen LogP contribution in [0.5, 0.6) is 0 Å². The van der Waals surface area contributed by atoms with Crippen LogP contribution in [0.3, 0.4) is 0 Å². The summed E-state index contributed by atoms with van der Waals surface area (Å²) in [6.45, 7) is 0. The molecule has 2 aliphatic heterocycles. The third kappa shape index (κ3) is 0.586. The van der Waals surface area contributed by atoms with Crippen molar-refractivity contribution in [1.29, 1.82) is 0 Å². The molecule has 0 amide bonds. The Labute approximate surface area is 57.8 Å². The van der Waals surface area contributed by atoms with E-state index in [1.807, 2.05) is 29.9 Å². The number of fused-ring (bicyclic) bond motifs is 1. The van der Waals surface area contributed by atoms with Gasteiger partial charge in [-0.05, 0) is 17.3 Å². The maximum Gasteiger partial charge on any atom is 0.184 e. The van der Waals surface area contributed by atoms with E-state index in [4.69, 9.17) is 0 Å². The second-order valence-electron chi connectivity index (χ2n) is 2.12. The zero-order valence-electron chi connectivity index (χ0n) is 5.52. The molecule has 4 heteroatoms. The zero-order chi connectivity index (χ0) is 6.97. The van der Waals surface area contributed by atoms with Crippen molar-refractivity contribution in [1.82, 2.24) is 20.0 Å². The molecule has 0 spiro atoms. The molecule has 10 heavy (non-hydrogen) atoms. The molecule has 0 unspecified atom stereocenters. The highest BCUT2D eigenvalue weighted by atomic mass is 15.4. The van der Waals surface area contributed by atoms with E-state index in [2.05, 4.69) is 15.4 Å². The first-order valence-corrected chi connectivity index (χ1v) is 2.98. The van der Waals surface area contributed by atoms with Crippen molar-refractivity contribution in [2.75, 3.05) is 0 Å². The summed E-state index contributed by atoms with van der Waals surface area (Å²) in [7, 11) is 1.92. The summed E-state index contributed by atoms with van der Waals surface area (Å²) in [5.41, 5.74) is 0.838. The largest absolute Gasteiger partial charge is 0.333 e. The molecule has 0 aromatic carbocycles. The Morgan fingerprint density at radius 2 is 2.30 bits per heavy atom. The van der Waals surface area contributed by atoms with E-state index in [0.717, 1.165) is 11.5 Å². The monoisotopic (exact) mass is 134 g/mol. The number of pyridine rings is 1. The third-order valence-corrected chi connectivity index (χ3v) is 1.42. The quantitative estimate of drug-likeness (QED) is 0.521. The van der Waals surface area contributed by atoms with Gasteiger partial charge in [-0.15, -0.1) is 10.2 Å². The number of hydrogen-bond donors (Lipinski definition) is 0. The van der Waals surface area contributed by atoms with Gasteiger partial charge in [0.1, 0.15) is 5.69 Å². The molecule has 0 saturated heterocycles. The summed E-state index contributed by atoms with van der Waals surface area (Å²) in [6, 6.07) is 3.80. The lowest BCUT2D eigenvalue weighted by Crippen LogP contribution is -1.95. The maximum absolute atomic E-state index is 3.82. The van der Waals surface area contributed by atoms with E-state index >= 15 is 0 Å². The fourth-order valence-corrected chi connectivity index (χ4v) is 0.902. The molecule has 0 radical (unpaired) electrons. The molecule has 0 aliphatic carbocycles. The van der Waals surface area contributed by atoms with Gasteiger partial charge >= 0.3 is 0 Å². The molecular weight excluding hydrogens is 128 g/mol. The first kappa shape index (κ1) is 5.34. The summed E-state index contributed by atoms with van der Waals surface area (Å²) in [5, 5.41) is 11.2. The first-order valence-electron chi connectivity index (χ1n) is 2.98. The fourth-order valence-electron chi connectivity index (χ4n) is 0.902. The van der Waals surface area contributed by atoms with Crippen LogP contribution >= 0.6 is 0 Å². The van der Waals surface area contributed by atoms with Crippen LogP contribution < -0.4 is 0 Å². The van der Waals surface area contributed by atoms with Gasteiger partial charge in [0.25, 0.3) is 0 Å². The summed E-state index contributed by atoms with van der Waals surface area (Å²) in [5.74, 6) is 0.822. The number of nitrogens with zero attached hydrogens (tertiary/aromatic N) is 4. The van der Waals surface area contributed by atoms with Crippen molar-refractivity contribution in [2.24, 2.45) is 7.05 Å². The lowest BCUT2D eigenvalue weighted by molar-refractivity contribution is 0.866. The van der Waals surface area contributed by atoms with Crippen LogP contribution in [0, 0.1) is 0 Å². The van der Waals surface area contributed by atoms with E-state index in [9.17, 15) is 0 Å². The number of rotatable bonds is 0. The Bertz CT molecular complexity index is 314. The van der Waals surface area contributed by atoms with E-state index in [0.29, 0.717) is 0 Å². The van der Waals surface area contributed by atoms with Crippen LogP contribution in [0.25, 0.3) is 11.5 Å². The summed E-state index contributed by atoms with van der Waals surface area (Å²) in [4.78, 5) is 0. The lowest BCUT2D eigenvalue weighted by Gasteiger charge is -1.99. The van der Waals surface area contributed by atoms with E-state index in [-0.39, 0.29) is 0 Å². The molecule has 0 aromatic rings. The van der Waals surface area contributed by atoms with E-state index in [1.165, 1.54) is 0 Å². The molecule has 0 fully saturated rings. The molecule has 0 atom stereocenters. The number of aromatic nitrogens is 4. The third-order valence-electron chi connectivity index (χ3n) is 1.42. The highest BCUT2D eigenvalue weighted by Gasteiger charge is 2.06. The Morgan fingerprint density at radius 1 is 1.40 bits per heavy atom. The molecule has 50 valence electrons. The van der Waals surface area contributed by atoms with Crippen molar-refractivity contribution < 1.29 is 0 Å². The summed E-state index contributed by atoms with van der Waals surface area (Å²) < 4.78 is 1.88. The highest BCUT2D eigenvalue weighted by molar-refractivity contribution is 5.48. The molecule has 4 nitrogen and oxygen atoms in total. The van der Waals surface area contributed by atoms with Gasteiger partial charge in [-0.25, -0.2) is 0 Å². The van der Waals surface area contributed by atoms with Crippen LogP contribution in [0.4, 0.5) is 0 Å². The predicted octanol–water partition coefficient (Wildman–Crippen LogP) is 0.315. The smallest absolute Gasteiger partial charge is 0.184 e. The molecule has 0 saturated carbocycles. The zero-order valence-corrected chi connectivity index (χ0v) is 5.52. The minimum absolute atomic E-state index is 0.822. The van der Waals surface area contributed by atoms with Gasteiger partial charge in [0.15, 0.2) is 5.82 Å². The lowest BCUT2D eigenvalue weighted by atomic mass is 10.3. The van der Waals surface area contributed by atoms with Crippen LogP contribution in [-0.2, 0) is 7.05 Å². The minimum atomic E-state index is 0.822. The Hall–Kier alpha value is -1.45. The molecule has 2 aliphatic rings. The SMILES string of the molecule is Cn1cccc2nnnc1-2. The molecular formula is C6H6N4. The maximum atomic E-state index is 3.82. The molecule has 2 heterocycles. The normalized spacial score (nSPS) is 10.5. The van der Waals surface area contributed by atoms with E-state index < -0.39 is 0 Å². The van der Waals surface area contributed by atoms with Crippen LogP contribution in [0.2, 0.25) is 0 Å². The Morgan fingerprint density at radius 3 is 3.10 bits per heavy atom. The van der Waals surface area contributed by atoms with Crippen molar-refractivity contribution in [2.45, 2.75) is 0 Å². The molecule has 0 N–H and O–H groups in total. The Balaban J connectivity index is 2.80. The van der Waals surface area contributed by atoms with Crippen LogP contribution in [0.1, 0.15) is 0 Å². The second kappa shape index (κ2) is 1.76. The first-order chi connectivity index (χ1) is 4.88. The van der Waals surface area contributed by atoms with Gasteiger partial charge in [0.2, 0.25) is 0 Å². The van der Waals surface area contributed by atoms with Crippen LogP contribution in [-0.4, -0.2) is 20.0 Å². The van der Waals surface area contributed by atoms with Crippen molar-refractivity contribution >= 4 is 0 Å². The highest BCUT2D eigenvalue weighted by Crippen LogP contribution is 2.11. The van der Waals surface area contributed by atoms with Gasteiger partial charge in [-0.1, -0.05) is 0 Å². The second-order valence-corrected chi connectivity index (χ2v) is 2.12. The summed E-state index contributed by atoms with van der Waals surface area (Å²) in [6.07, 6.45) is 1.92. The average molecular weight is 134 g/mol. The average Bonchev–Trinajstić information content (AvgIpc) is 2.36. The summed E-state index contributed by atoms with van der Waals surface area (Å²) >= 11 is 0. The number of aryl methyl sites for hydroxylation is 1. The minimum Gasteiger partial charge on any atom is -0.333 e. The standard InChI is InChI=1S/C6H6N4/c1-10-4-2-3-5-6(10)8-9-7-5/h2-4H,1H3. The van der Waals surface area contributed by atoms with Gasteiger partial charge in [-0.3, -0.25) is 0 Å². The van der Waals surface area contributed by atoms with E-state index in [1.54, 1.807) is 0 Å². The van der Waals surface area contributed by atoms with Crippen molar-refractivity contribution in [3.8, 4) is 11.5 Å². The van der Waals surface area contributed by atoms with Gasteiger partial charge in [0.05, 0.1) is 0 Å². The van der Waals surface area contributed by atoms with Gasteiger partial charge in [-0.2, -0.15) is 0 Å². The van der Waals surface area contributed by atoms with Gasteiger partial charge < -0.3 is 4.57 Å². The van der Waals surface area contributed by atoms with Gasteiger partial charge in [0, 0.05) is 13.2 Å². The predicted molar refractivity (Wildman–Crippen MR) is 35.4 cm³/mol. The fraction of sp³-hybridized carbons (Fsp3) is 0.167. The van der Waals surface area contributed by atoms with Crippen LogP contribution in [0.15, 0.2) is 18.3 Å². The van der Waals surface area contributed by atoms with Crippen molar-refractivity contribution in [3.63, 3.8) is 0 Å². The molecule has 2 rings (SSSR count). The molecule has 0 aromatic heterocycles. The number of hydrogen-bond acceptors (Lipinski definition) is 3.